The highest BCUT2D eigenvalue weighted by atomic mass is 16.2. The number of aromatic nitrogens is 2. The van der Waals surface area contributed by atoms with E-state index in [0.717, 1.165) is 23.6 Å². The van der Waals surface area contributed by atoms with Crippen LogP contribution in [0.1, 0.15) is 17.8 Å². The predicted molar refractivity (Wildman–Crippen MR) is 80.9 cm³/mol. The third kappa shape index (κ3) is 2.69. The number of hydrogen-bond donors (Lipinski definition) is 1. The highest BCUT2D eigenvalue weighted by Gasteiger charge is 2.28. The molecule has 1 saturated heterocycles. The Balaban J connectivity index is 1.87. The molecule has 1 atom stereocenters. The van der Waals surface area contributed by atoms with Gasteiger partial charge in [0.15, 0.2) is 0 Å². The summed E-state index contributed by atoms with van der Waals surface area (Å²) in [5, 5.41) is 0. The Morgan fingerprint density at radius 3 is 2.86 bits per heavy atom. The van der Waals surface area contributed by atoms with Crippen molar-refractivity contribution in [3.05, 3.63) is 48.0 Å². The van der Waals surface area contributed by atoms with E-state index in [1.807, 2.05) is 30.2 Å². The van der Waals surface area contributed by atoms with Crippen LogP contribution in [0.2, 0.25) is 0 Å². The van der Waals surface area contributed by atoms with Gasteiger partial charge in [0.25, 0.3) is 0 Å². The van der Waals surface area contributed by atoms with Gasteiger partial charge in [-0.2, -0.15) is 0 Å². The molecule has 3 rings (SSSR count). The van der Waals surface area contributed by atoms with E-state index >= 15 is 0 Å². The van der Waals surface area contributed by atoms with Crippen LogP contribution in [-0.2, 0) is 11.3 Å². The van der Waals surface area contributed by atoms with Crippen molar-refractivity contribution in [1.82, 2.24) is 14.5 Å². The summed E-state index contributed by atoms with van der Waals surface area (Å²) in [7, 11) is 0. The normalized spacial score (nSPS) is 18.5. The molecular formula is C16H20N4O. The molecule has 0 bridgehead atoms. The maximum absolute atomic E-state index is 12.1. The lowest BCUT2D eigenvalue weighted by Gasteiger charge is -2.19. The quantitative estimate of drug-likeness (QED) is 0.925. The molecule has 110 valence electrons. The molecule has 1 aromatic heterocycles. The van der Waals surface area contributed by atoms with Crippen molar-refractivity contribution < 1.29 is 4.79 Å². The van der Waals surface area contributed by atoms with Crippen LogP contribution in [0.4, 0.5) is 0 Å². The Bertz CT molecular complexity index is 649. The van der Waals surface area contributed by atoms with E-state index in [1.54, 1.807) is 6.20 Å². The van der Waals surface area contributed by atoms with Crippen molar-refractivity contribution in [2.75, 3.05) is 13.1 Å². The Hall–Kier alpha value is -2.14. The molecule has 0 aliphatic carbocycles. The molecule has 5 heteroatoms. The molecule has 1 aliphatic heterocycles. The van der Waals surface area contributed by atoms with Crippen LogP contribution in [-0.4, -0.2) is 33.4 Å². The van der Waals surface area contributed by atoms with Crippen molar-refractivity contribution in [3.63, 3.8) is 0 Å². The van der Waals surface area contributed by atoms with Gasteiger partial charge in [0.05, 0.1) is 5.69 Å². The number of imidazole rings is 1. The third-order valence-corrected chi connectivity index (χ3v) is 4.07. The molecule has 1 amide bonds. The molecule has 2 aromatic rings. The minimum atomic E-state index is 0.197. The van der Waals surface area contributed by atoms with E-state index in [9.17, 15) is 4.79 Å². The molecule has 2 heterocycles. The van der Waals surface area contributed by atoms with E-state index in [4.69, 9.17) is 5.73 Å². The zero-order chi connectivity index (χ0) is 14.8. The average molecular weight is 284 g/mol. The van der Waals surface area contributed by atoms with Crippen molar-refractivity contribution in [3.8, 4) is 5.69 Å². The van der Waals surface area contributed by atoms with Gasteiger partial charge in [-0.15, -0.1) is 0 Å². The number of para-hydroxylation sites is 1. The minimum absolute atomic E-state index is 0.197. The van der Waals surface area contributed by atoms with Crippen molar-refractivity contribution >= 4 is 5.91 Å². The highest BCUT2D eigenvalue weighted by Crippen LogP contribution is 2.23. The van der Waals surface area contributed by atoms with E-state index in [0.29, 0.717) is 25.4 Å². The maximum atomic E-state index is 12.1. The molecule has 0 spiro atoms. The fraction of sp³-hybridized carbons (Fsp3) is 0.375. The highest BCUT2D eigenvalue weighted by molar-refractivity contribution is 5.78. The summed E-state index contributed by atoms with van der Waals surface area (Å²) in [4.78, 5) is 18.2. The van der Waals surface area contributed by atoms with Gasteiger partial charge in [-0.1, -0.05) is 18.2 Å². The van der Waals surface area contributed by atoms with Crippen LogP contribution in [0, 0.1) is 12.8 Å². The van der Waals surface area contributed by atoms with Gasteiger partial charge >= 0.3 is 0 Å². The second kappa shape index (κ2) is 5.69. The van der Waals surface area contributed by atoms with Gasteiger partial charge in [0, 0.05) is 31.9 Å². The van der Waals surface area contributed by atoms with Gasteiger partial charge < -0.3 is 15.2 Å². The summed E-state index contributed by atoms with van der Waals surface area (Å²) in [5.41, 5.74) is 7.90. The molecular weight excluding hydrogens is 264 g/mol. The average Bonchev–Trinajstić information content (AvgIpc) is 3.06. The number of hydrogen-bond acceptors (Lipinski definition) is 3. The van der Waals surface area contributed by atoms with Gasteiger partial charge in [-0.3, -0.25) is 4.79 Å². The number of benzene rings is 1. The van der Waals surface area contributed by atoms with Crippen LogP contribution in [0.3, 0.4) is 0 Å². The van der Waals surface area contributed by atoms with Gasteiger partial charge in [-0.05, 0) is 31.0 Å². The second-order valence-corrected chi connectivity index (χ2v) is 5.55. The number of nitrogens with two attached hydrogens (primary N) is 1. The molecule has 1 unspecified atom stereocenters. The van der Waals surface area contributed by atoms with Crippen molar-refractivity contribution in [2.24, 2.45) is 11.7 Å². The molecule has 0 saturated carbocycles. The fourth-order valence-corrected chi connectivity index (χ4v) is 2.88. The first kappa shape index (κ1) is 13.8. The summed E-state index contributed by atoms with van der Waals surface area (Å²) in [6.07, 6.45) is 4.31. The molecule has 2 N–H and O–H groups in total. The molecule has 1 aromatic carbocycles. The van der Waals surface area contributed by atoms with Crippen molar-refractivity contribution in [1.29, 1.82) is 0 Å². The molecule has 1 aliphatic rings. The SMILES string of the molecule is Cc1nccn1-c1ccccc1CN1CC(CN)CC1=O. The number of aryl methyl sites for hydroxylation is 1. The first-order valence-corrected chi connectivity index (χ1v) is 7.25. The van der Waals surface area contributed by atoms with Gasteiger partial charge in [0.2, 0.25) is 5.91 Å². The summed E-state index contributed by atoms with van der Waals surface area (Å²) >= 11 is 0. The molecule has 1 fully saturated rings. The lowest BCUT2D eigenvalue weighted by molar-refractivity contribution is -0.128. The molecule has 0 radical (unpaired) electrons. The predicted octanol–water partition coefficient (Wildman–Crippen LogP) is 1.49. The topological polar surface area (TPSA) is 64.2 Å². The van der Waals surface area contributed by atoms with Crippen LogP contribution in [0.5, 0.6) is 0 Å². The maximum Gasteiger partial charge on any atom is 0.223 e. The van der Waals surface area contributed by atoms with Crippen LogP contribution >= 0.6 is 0 Å². The van der Waals surface area contributed by atoms with Crippen LogP contribution in [0.25, 0.3) is 5.69 Å². The number of likely N-dealkylation sites (tertiary alicyclic amines) is 1. The van der Waals surface area contributed by atoms with E-state index in [1.165, 1.54) is 0 Å². The Kier molecular flexibility index (Phi) is 3.75. The van der Waals surface area contributed by atoms with Crippen LogP contribution in [0.15, 0.2) is 36.7 Å². The monoisotopic (exact) mass is 284 g/mol. The first-order valence-electron chi connectivity index (χ1n) is 7.25. The standard InChI is InChI=1S/C16H20N4O/c1-12-18-6-7-20(12)15-5-3-2-4-14(15)11-19-10-13(9-17)8-16(19)21/h2-7,13H,8-11,17H2,1H3. The van der Waals surface area contributed by atoms with Gasteiger partial charge in [0.1, 0.15) is 5.82 Å². The second-order valence-electron chi connectivity index (χ2n) is 5.55. The zero-order valence-corrected chi connectivity index (χ0v) is 12.2. The van der Waals surface area contributed by atoms with E-state index < -0.39 is 0 Å². The van der Waals surface area contributed by atoms with E-state index in [-0.39, 0.29) is 5.91 Å². The lowest BCUT2D eigenvalue weighted by Crippen LogP contribution is -2.26. The number of carbonyl (C=O) groups is 1. The fourth-order valence-electron chi connectivity index (χ4n) is 2.88. The summed E-state index contributed by atoms with van der Waals surface area (Å²) in [6, 6.07) is 8.14. The Morgan fingerprint density at radius 2 is 2.19 bits per heavy atom. The Labute approximate surface area is 124 Å². The summed E-state index contributed by atoms with van der Waals surface area (Å²) < 4.78 is 2.05. The van der Waals surface area contributed by atoms with Gasteiger partial charge in [-0.25, -0.2) is 4.98 Å². The summed E-state index contributed by atoms with van der Waals surface area (Å²) in [6.45, 7) is 3.93. The largest absolute Gasteiger partial charge is 0.338 e. The number of amides is 1. The number of rotatable bonds is 4. The smallest absolute Gasteiger partial charge is 0.223 e. The summed E-state index contributed by atoms with van der Waals surface area (Å²) in [5.74, 6) is 1.43. The minimum Gasteiger partial charge on any atom is -0.338 e. The molecule has 21 heavy (non-hydrogen) atoms. The zero-order valence-electron chi connectivity index (χ0n) is 12.2. The third-order valence-electron chi connectivity index (χ3n) is 4.07. The lowest BCUT2D eigenvalue weighted by atomic mass is 10.1. The van der Waals surface area contributed by atoms with Crippen LogP contribution < -0.4 is 5.73 Å². The number of nitrogens with zero attached hydrogens (tertiary/aromatic N) is 3. The number of carbonyl (C=O) groups excluding carboxylic acids is 1. The first-order chi connectivity index (χ1) is 10.2. The molecule has 5 nitrogen and oxygen atoms in total. The van der Waals surface area contributed by atoms with Crippen molar-refractivity contribution in [2.45, 2.75) is 19.9 Å². The van der Waals surface area contributed by atoms with E-state index in [2.05, 4.69) is 21.7 Å². The Morgan fingerprint density at radius 1 is 1.38 bits per heavy atom.